The molecule has 2 bridgehead atoms. The fourth-order valence-corrected chi connectivity index (χ4v) is 4.28. The number of benzene rings is 1. The van der Waals surface area contributed by atoms with Crippen LogP contribution in [0.2, 0.25) is 0 Å². The molecule has 0 aromatic heterocycles. The number of hydrogen-bond donors (Lipinski definition) is 1. The summed E-state index contributed by atoms with van der Waals surface area (Å²) in [5.74, 6) is 1.01. The molecule has 1 saturated carbocycles. The smallest absolute Gasteiger partial charge is 0.0329 e. The summed E-state index contributed by atoms with van der Waals surface area (Å²) in [7, 11) is 2.10. The van der Waals surface area contributed by atoms with Crippen LogP contribution >= 0.6 is 0 Å². The van der Waals surface area contributed by atoms with Crippen molar-refractivity contribution < 1.29 is 0 Å². The number of piperidine rings is 1. The third-order valence-electron chi connectivity index (χ3n) is 5.22. The van der Waals surface area contributed by atoms with Crippen molar-refractivity contribution in [3.63, 3.8) is 0 Å². The van der Waals surface area contributed by atoms with Gasteiger partial charge in [-0.2, -0.15) is 0 Å². The number of rotatable bonds is 5. The van der Waals surface area contributed by atoms with Crippen LogP contribution in [0, 0.1) is 19.8 Å². The second-order valence-electron chi connectivity index (χ2n) is 6.88. The molecule has 0 radical (unpaired) electrons. The number of nitrogens with one attached hydrogen (secondary N) is 1. The molecular weight excluding hydrogens is 244 g/mol. The zero-order chi connectivity index (χ0) is 14.1. The Morgan fingerprint density at radius 1 is 1.20 bits per heavy atom. The van der Waals surface area contributed by atoms with Gasteiger partial charge in [0.25, 0.3) is 0 Å². The second-order valence-corrected chi connectivity index (χ2v) is 6.88. The lowest BCUT2D eigenvalue weighted by Crippen LogP contribution is -2.34. The highest BCUT2D eigenvalue weighted by molar-refractivity contribution is 5.30. The van der Waals surface area contributed by atoms with Crippen LogP contribution in [-0.2, 0) is 0 Å². The maximum atomic E-state index is 3.51. The SMILES string of the molecule is CNC(CCN1CC2CCC1C2)c1cc(C)cc(C)c1. The van der Waals surface area contributed by atoms with Gasteiger partial charge >= 0.3 is 0 Å². The van der Waals surface area contributed by atoms with Crippen molar-refractivity contribution in [2.75, 3.05) is 20.1 Å². The van der Waals surface area contributed by atoms with Crippen molar-refractivity contribution in [2.24, 2.45) is 5.92 Å². The molecule has 1 heterocycles. The second kappa shape index (κ2) is 5.87. The van der Waals surface area contributed by atoms with Gasteiger partial charge in [0.2, 0.25) is 0 Å². The van der Waals surface area contributed by atoms with Crippen molar-refractivity contribution in [3.8, 4) is 0 Å². The highest BCUT2D eigenvalue weighted by atomic mass is 15.2. The predicted molar refractivity (Wildman–Crippen MR) is 85.0 cm³/mol. The van der Waals surface area contributed by atoms with Crippen LogP contribution in [0.15, 0.2) is 18.2 Å². The van der Waals surface area contributed by atoms with Gasteiger partial charge in [0.15, 0.2) is 0 Å². The van der Waals surface area contributed by atoms with E-state index in [4.69, 9.17) is 0 Å². The van der Waals surface area contributed by atoms with E-state index in [1.54, 1.807) is 0 Å². The highest BCUT2D eigenvalue weighted by Gasteiger charge is 2.37. The Kier molecular flexibility index (Phi) is 4.13. The van der Waals surface area contributed by atoms with E-state index in [9.17, 15) is 0 Å². The van der Waals surface area contributed by atoms with Crippen LogP contribution in [0.25, 0.3) is 0 Å². The number of aryl methyl sites for hydroxylation is 2. The normalized spacial score (nSPS) is 27.1. The monoisotopic (exact) mass is 272 g/mol. The summed E-state index contributed by atoms with van der Waals surface area (Å²) in [6.45, 7) is 7.00. The van der Waals surface area contributed by atoms with E-state index in [0.29, 0.717) is 6.04 Å². The van der Waals surface area contributed by atoms with Crippen LogP contribution < -0.4 is 5.32 Å². The summed E-state index contributed by atoms with van der Waals surface area (Å²) in [4.78, 5) is 2.74. The Hall–Kier alpha value is -0.860. The topological polar surface area (TPSA) is 15.3 Å². The van der Waals surface area contributed by atoms with Crippen LogP contribution in [0.4, 0.5) is 0 Å². The largest absolute Gasteiger partial charge is 0.313 e. The minimum absolute atomic E-state index is 0.493. The quantitative estimate of drug-likeness (QED) is 0.883. The van der Waals surface area contributed by atoms with Gasteiger partial charge in [0.1, 0.15) is 0 Å². The molecule has 3 rings (SSSR count). The van der Waals surface area contributed by atoms with E-state index in [-0.39, 0.29) is 0 Å². The summed E-state index contributed by atoms with van der Waals surface area (Å²) >= 11 is 0. The standard InChI is InChI=1S/C18H28N2/c1-13-8-14(2)10-16(9-13)18(19-3)6-7-20-12-15-4-5-17(20)11-15/h8-10,15,17-19H,4-7,11-12H2,1-3H3. The zero-order valence-corrected chi connectivity index (χ0v) is 13.2. The molecule has 1 aromatic carbocycles. The van der Waals surface area contributed by atoms with Gasteiger partial charge < -0.3 is 10.2 Å². The van der Waals surface area contributed by atoms with Crippen LogP contribution in [-0.4, -0.2) is 31.1 Å². The Bertz CT molecular complexity index is 448. The molecule has 3 atom stereocenters. The summed E-state index contributed by atoms with van der Waals surface area (Å²) in [5, 5.41) is 3.51. The Balaban J connectivity index is 1.62. The van der Waals surface area contributed by atoms with Crippen molar-refractivity contribution in [1.82, 2.24) is 10.2 Å². The summed E-state index contributed by atoms with van der Waals surface area (Å²) in [5.41, 5.74) is 4.20. The minimum atomic E-state index is 0.493. The van der Waals surface area contributed by atoms with Crippen molar-refractivity contribution in [1.29, 1.82) is 0 Å². The molecule has 1 N–H and O–H groups in total. The van der Waals surface area contributed by atoms with E-state index in [2.05, 4.69) is 49.3 Å². The summed E-state index contributed by atoms with van der Waals surface area (Å²) in [6, 6.07) is 8.33. The summed E-state index contributed by atoms with van der Waals surface area (Å²) in [6.07, 6.45) is 5.61. The molecule has 1 aromatic rings. The van der Waals surface area contributed by atoms with Crippen LogP contribution in [0.1, 0.15) is 48.4 Å². The average molecular weight is 272 g/mol. The van der Waals surface area contributed by atoms with E-state index >= 15 is 0 Å². The third kappa shape index (κ3) is 2.91. The molecule has 2 nitrogen and oxygen atoms in total. The predicted octanol–water partition coefficient (Wildman–Crippen LogP) is 3.44. The van der Waals surface area contributed by atoms with Gasteiger partial charge in [0, 0.05) is 25.2 Å². The zero-order valence-electron chi connectivity index (χ0n) is 13.2. The fourth-order valence-electron chi connectivity index (χ4n) is 4.28. The molecule has 2 fully saturated rings. The Labute approximate surface area is 123 Å². The highest BCUT2D eigenvalue weighted by Crippen LogP contribution is 2.37. The molecular formula is C18H28N2. The van der Waals surface area contributed by atoms with E-state index < -0.39 is 0 Å². The van der Waals surface area contributed by atoms with Gasteiger partial charge in [-0.3, -0.25) is 0 Å². The lowest BCUT2D eigenvalue weighted by Gasteiger charge is -2.28. The number of hydrogen-bond acceptors (Lipinski definition) is 2. The molecule has 1 saturated heterocycles. The Morgan fingerprint density at radius 3 is 2.50 bits per heavy atom. The first kappa shape index (κ1) is 14.1. The molecule has 1 aliphatic heterocycles. The third-order valence-corrected chi connectivity index (χ3v) is 5.22. The maximum absolute atomic E-state index is 3.51. The van der Waals surface area contributed by atoms with Crippen LogP contribution in [0.3, 0.4) is 0 Å². The van der Waals surface area contributed by atoms with Gasteiger partial charge in [-0.25, -0.2) is 0 Å². The first-order valence-electron chi connectivity index (χ1n) is 8.15. The first-order valence-corrected chi connectivity index (χ1v) is 8.15. The number of likely N-dealkylation sites (tertiary alicyclic amines) is 1. The van der Waals surface area contributed by atoms with Crippen molar-refractivity contribution in [3.05, 3.63) is 34.9 Å². The molecule has 110 valence electrons. The van der Waals surface area contributed by atoms with Gasteiger partial charge in [0.05, 0.1) is 0 Å². The fraction of sp³-hybridized carbons (Fsp3) is 0.667. The average Bonchev–Trinajstić information content (AvgIpc) is 3.00. The van der Waals surface area contributed by atoms with Crippen LogP contribution in [0.5, 0.6) is 0 Å². The van der Waals surface area contributed by atoms with Crippen molar-refractivity contribution >= 4 is 0 Å². The molecule has 0 amide bonds. The number of fused-ring (bicyclic) bond motifs is 2. The molecule has 3 unspecified atom stereocenters. The number of nitrogens with zero attached hydrogens (tertiary/aromatic N) is 1. The van der Waals surface area contributed by atoms with Gasteiger partial charge in [-0.15, -0.1) is 0 Å². The first-order chi connectivity index (χ1) is 9.65. The molecule has 0 spiro atoms. The van der Waals surface area contributed by atoms with Gasteiger partial charge in [-0.05, 0) is 58.1 Å². The van der Waals surface area contributed by atoms with E-state index in [1.807, 2.05) is 0 Å². The van der Waals surface area contributed by atoms with Crippen molar-refractivity contribution in [2.45, 2.75) is 51.6 Å². The summed E-state index contributed by atoms with van der Waals surface area (Å²) < 4.78 is 0. The molecule has 2 aliphatic rings. The molecule has 20 heavy (non-hydrogen) atoms. The lowest BCUT2D eigenvalue weighted by molar-refractivity contribution is 0.203. The van der Waals surface area contributed by atoms with E-state index in [1.165, 1.54) is 55.5 Å². The van der Waals surface area contributed by atoms with Gasteiger partial charge in [-0.1, -0.05) is 29.3 Å². The minimum Gasteiger partial charge on any atom is -0.313 e. The maximum Gasteiger partial charge on any atom is 0.0329 e. The Morgan fingerprint density at radius 2 is 1.95 bits per heavy atom. The lowest BCUT2D eigenvalue weighted by atomic mass is 9.98. The van der Waals surface area contributed by atoms with E-state index in [0.717, 1.165) is 12.0 Å². The molecule has 1 aliphatic carbocycles. The molecule has 2 heteroatoms.